The number of nitrogens with zero attached hydrogens (tertiary/aromatic N) is 1. The topological polar surface area (TPSA) is 15.3 Å². The van der Waals surface area contributed by atoms with Crippen LogP contribution in [-0.4, -0.2) is 26.7 Å². The summed E-state index contributed by atoms with van der Waals surface area (Å²) in [6.07, 6.45) is 5.45. The zero-order valence-electron chi connectivity index (χ0n) is 11.9. The highest BCUT2D eigenvalue weighted by Crippen LogP contribution is 2.28. The minimum Gasteiger partial charge on any atom is -0.375 e. The van der Waals surface area contributed by atoms with Crippen molar-refractivity contribution in [1.29, 1.82) is 0 Å². The Bertz CT molecular complexity index is 358. The Morgan fingerprint density at radius 1 is 1.22 bits per heavy atom. The van der Waals surface area contributed by atoms with E-state index >= 15 is 0 Å². The molecule has 2 unspecified atom stereocenters. The van der Waals surface area contributed by atoms with Gasteiger partial charge in [0.25, 0.3) is 0 Å². The van der Waals surface area contributed by atoms with Crippen LogP contribution in [0.15, 0.2) is 24.3 Å². The van der Waals surface area contributed by atoms with Gasteiger partial charge in [-0.15, -0.1) is 0 Å². The predicted octanol–water partition coefficient (Wildman–Crippen LogP) is 3.21. The summed E-state index contributed by atoms with van der Waals surface area (Å²) in [5.41, 5.74) is 2.66. The Morgan fingerprint density at radius 2 is 1.94 bits per heavy atom. The highest BCUT2D eigenvalue weighted by Gasteiger charge is 2.25. The van der Waals surface area contributed by atoms with Crippen LogP contribution in [0.1, 0.15) is 31.2 Å². The van der Waals surface area contributed by atoms with E-state index in [1.807, 2.05) is 0 Å². The van der Waals surface area contributed by atoms with Crippen molar-refractivity contribution in [2.24, 2.45) is 5.92 Å². The maximum absolute atomic E-state index is 3.47. The average Bonchev–Trinajstić information content (AvgIpc) is 2.84. The van der Waals surface area contributed by atoms with Gasteiger partial charge in [-0.1, -0.05) is 24.1 Å². The molecule has 0 aromatic heterocycles. The summed E-state index contributed by atoms with van der Waals surface area (Å²) in [6, 6.07) is 9.57. The van der Waals surface area contributed by atoms with E-state index in [1.165, 1.54) is 36.9 Å². The molecule has 1 aromatic carbocycles. The molecular formula is C16H26N2. The monoisotopic (exact) mass is 246 g/mol. The van der Waals surface area contributed by atoms with Crippen molar-refractivity contribution in [2.75, 3.05) is 25.5 Å². The second-order valence-electron chi connectivity index (χ2n) is 5.63. The molecule has 1 N–H and O–H groups in total. The van der Waals surface area contributed by atoms with Gasteiger partial charge in [-0.3, -0.25) is 0 Å². The van der Waals surface area contributed by atoms with Crippen molar-refractivity contribution in [2.45, 2.75) is 38.6 Å². The largest absolute Gasteiger partial charge is 0.375 e. The molecule has 100 valence electrons. The Labute approximate surface area is 111 Å². The van der Waals surface area contributed by atoms with Crippen LogP contribution in [0.25, 0.3) is 0 Å². The first-order chi connectivity index (χ1) is 8.70. The van der Waals surface area contributed by atoms with Crippen LogP contribution in [0.5, 0.6) is 0 Å². The molecule has 18 heavy (non-hydrogen) atoms. The van der Waals surface area contributed by atoms with Crippen LogP contribution in [-0.2, 0) is 0 Å². The highest BCUT2D eigenvalue weighted by molar-refractivity contribution is 5.46. The van der Waals surface area contributed by atoms with Gasteiger partial charge in [-0.2, -0.15) is 0 Å². The molecule has 0 heterocycles. The van der Waals surface area contributed by atoms with Crippen molar-refractivity contribution in [3.8, 4) is 0 Å². The Balaban J connectivity index is 1.84. The van der Waals surface area contributed by atoms with Crippen molar-refractivity contribution >= 4 is 5.69 Å². The normalized spacial score (nSPS) is 23.3. The first kappa shape index (κ1) is 13.4. The summed E-state index contributed by atoms with van der Waals surface area (Å²) >= 11 is 0. The van der Waals surface area contributed by atoms with Crippen LogP contribution in [0.3, 0.4) is 0 Å². The molecule has 0 saturated heterocycles. The zero-order chi connectivity index (χ0) is 13.0. The quantitative estimate of drug-likeness (QED) is 0.858. The number of hydrogen-bond donors (Lipinski definition) is 1. The standard InChI is InChI=1S/C16H26N2/c1-13-7-9-15(10-8-13)18(3)12-11-14-5-4-6-16(14)17-2/h7-10,14,16-17H,4-6,11-12H2,1-3H3. The number of rotatable bonds is 5. The SMILES string of the molecule is CNC1CCCC1CCN(C)c1ccc(C)cc1. The molecule has 2 rings (SSSR count). The molecule has 0 amide bonds. The van der Waals surface area contributed by atoms with Gasteiger partial charge in [0.05, 0.1) is 0 Å². The lowest BCUT2D eigenvalue weighted by molar-refractivity contribution is 0.403. The van der Waals surface area contributed by atoms with Crippen molar-refractivity contribution < 1.29 is 0 Å². The molecule has 0 aliphatic heterocycles. The van der Waals surface area contributed by atoms with Crippen LogP contribution in [0.2, 0.25) is 0 Å². The second kappa shape index (κ2) is 6.24. The summed E-state index contributed by atoms with van der Waals surface area (Å²) in [5.74, 6) is 0.864. The minimum atomic E-state index is 0.747. The lowest BCUT2D eigenvalue weighted by Gasteiger charge is -2.24. The van der Waals surface area contributed by atoms with Gasteiger partial charge in [-0.25, -0.2) is 0 Å². The van der Waals surface area contributed by atoms with Gasteiger partial charge in [0.2, 0.25) is 0 Å². The third-order valence-electron chi connectivity index (χ3n) is 4.34. The van der Waals surface area contributed by atoms with Gasteiger partial charge in [0, 0.05) is 25.3 Å². The van der Waals surface area contributed by atoms with Gasteiger partial charge < -0.3 is 10.2 Å². The maximum atomic E-state index is 3.47. The Morgan fingerprint density at radius 3 is 2.61 bits per heavy atom. The third kappa shape index (κ3) is 3.26. The fourth-order valence-corrected chi connectivity index (χ4v) is 3.05. The Kier molecular flexibility index (Phi) is 4.65. The van der Waals surface area contributed by atoms with Crippen molar-refractivity contribution in [3.63, 3.8) is 0 Å². The first-order valence-electron chi connectivity index (χ1n) is 7.16. The second-order valence-corrected chi connectivity index (χ2v) is 5.63. The smallest absolute Gasteiger partial charge is 0.0363 e. The fourth-order valence-electron chi connectivity index (χ4n) is 3.05. The zero-order valence-corrected chi connectivity index (χ0v) is 11.9. The summed E-state index contributed by atoms with van der Waals surface area (Å²) in [5, 5.41) is 3.47. The van der Waals surface area contributed by atoms with Crippen molar-refractivity contribution in [3.05, 3.63) is 29.8 Å². The molecule has 1 aromatic rings. The van der Waals surface area contributed by atoms with Crippen LogP contribution in [0, 0.1) is 12.8 Å². The maximum Gasteiger partial charge on any atom is 0.0363 e. The van der Waals surface area contributed by atoms with Crippen molar-refractivity contribution in [1.82, 2.24) is 5.32 Å². The summed E-state index contributed by atoms with van der Waals surface area (Å²) in [4.78, 5) is 2.38. The molecular weight excluding hydrogens is 220 g/mol. The number of benzene rings is 1. The summed E-state index contributed by atoms with van der Waals surface area (Å²) in [6.45, 7) is 3.30. The molecule has 1 fully saturated rings. The van der Waals surface area contributed by atoms with Crippen LogP contribution >= 0.6 is 0 Å². The summed E-state index contributed by atoms with van der Waals surface area (Å²) in [7, 11) is 4.31. The van der Waals surface area contributed by atoms with Gasteiger partial charge in [0.15, 0.2) is 0 Å². The van der Waals surface area contributed by atoms with E-state index in [2.05, 4.69) is 55.5 Å². The molecule has 0 spiro atoms. The number of nitrogens with one attached hydrogen (secondary N) is 1. The van der Waals surface area contributed by atoms with Gasteiger partial charge in [-0.05, 0) is 51.3 Å². The third-order valence-corrected chi connectivity index (χ3v) is 4.34. The van der Waals surface area contributed by atoms with Gasteiger partial charge >= 0.3 is 0 Å². The van der Waals surface area contributed by atoms with Crippen LogP contribution < -0.4 is 10.2 Å². The lowest BCUT2D eigenvalue weighted by atomic mass is 9.99. The molecule has 1 aliphatic rings. The van der Waals surface area contributed by atoms with E-state index in [0.717, 1.165) is 18.5 Å². The fraction of sp³-hybridized carbons (Fsp3) is 0.625. The molecule has 0 bridgehead atoms. The molecule has 1 aliphatic carbocycles. The molecule has 2 nitrogen and oxygen atoms in total. The average molecular weight is 246 g/mol. The van der Waals surface area contributed by atoms with E-state index < -0.39 is 0 Å². The van der Waals surface area contributed by atoms with Gasteiger partial charge in [0.1, 0.15) is 0 Å². The number of aryl methyl sites for hydroxylation is 1. The van der Waals surface area contributed by atoms with E-state index in [-0.39, 0.29) is 0 Å². The minimum absolute atomic E-state index is 0.747. The van der Waals surface area contributed by atoms with E-state index in [1.54, 1.807) is 0 Å². The number of hydrogen-bond acceptors (Lipinski definition) is 2. The van der Waals surface area contributed by atoms with E-state index in [4.69, 9.17) is 0 Å². The van der Waals surface area contributed by atoms with E-state index in [0.29, 0.717) is 0 Å². The predicted molar refractivity (Wildman–Crippen MR) is 79.3 cm³/mol. The highest BCUT2D eigenvalue weighted by atomic mass is 15.1. The van der Waals surface area contributed by atoms with Crippen LogP contribution in [0.4, 0.5) is 5.69 Å². The first-order valence-corrected chi connectivity index (χ1v) is 7.16. The lowest BCUT2D eigenvalue weighted by Crippen LogP contribution is -2.31. The molecule has 2 heteroatoms. The Hall–Kier alpha value is -1.02. The molecule has 0 radical (unpaired) electrons. The van der Waals surface area contributed by atoms with E-state index in [9.17, 15) is 0 Å². The number of anilines is 1. The molecule has 1 saturated carbocycles. The summed E-state index contributed by atoms with van der Waals surface area (Å²) < 4.78 is 0. The molecule has 2 atom stereocenters.